The lowest BCUT2D eigenvalue weighted by Gasteiger charge is -2.15. The number of amides is 1. The van der Waals surface area contributed by atoms with Gasteiger partial charge in [0, 0.05) is 24.9 Å². The Hall–Kier alpha value is -2.16. The van der Waals surface area contributed by atoms with Crippen LogP contribution in [-0.4, -0.2) is 17.4 Å². The Morgan fingerprint density at radius 3 is 2.55 bits per heavy atom. The molecule has 0 aliphatic carbocycles. The van der Waals surface area contributed by atoms with Crippen LogP contribution < -0.4 is 5.32 Å². The van der Waals surface area contributed by atoms with E-state index in [0.29, 0.717) is 6.54 Å². The van der Waals surface area contributed by atoms with Gasteiger partial charge in [0.25, 0.3) is 0 Å². The molecule has 0 saturated carbocycles. The zero-order valence-electron chi connectivity index (χ0n) is 11.8. The van der Waals surface area contributed by atoms with E-state index in [1.165, 1.54) is 0 Å². The molecule has 3 nitrogen and oxygen atoms in total. The largest absolute Gasteiger partial charge is 0.355 e. The average molecular weight is 268 g/mol. The lowest BCUT2D eigenvalue weighted by molar-refractivity contribution is -0.122. The Kier molecular flexibility index (Phi) is 5.30. The predicted octanol–water partition coefficient (Wildman–Crippen LogP) is 2.93. The van der Waals surface area contributed by atoms with Crippen molar-refractivity contribution in [1.29, 1.82) is 0 Å². The Balaban J connectivity index is 1.87. The first-order valence-corrected chi connectivity index (χ1v) is 7.04. The molecular weight excluding hydrogens is 248 g/mol. The summed E-state index contributed by atoms with van der Waals surface area (Å²) < 4.78 is 0. The van der Waals surface area contributed by atoms with E-state index in [0.717, 1.165) is 24.1 Å². The Bertz CT molecular complexity index is 525. The normalized spacial score (nSPS) is 11.8. The van der Waals surface area contributed by atoms with Gasteiger partial charge >= 0.3 is 0 Å². The monoisotopic (exact) mass is 268 g/mol. The van der Waals surface area contributed by atoms with Crippen LogP contribution in [0.2, 0.25) is 0 Å². The van der Waals surface area contributed by atoms with Crippen LogP contribution in [0.4, 0.5) is 0 Å². The SMILES string of the molecule is CC[C@H](C(=O)NCCc1ccccn1)c1ccccc1. The van der Waals surface area contributed by atoms with E-state index >= 15 is 0 Å². The van der Waals surface area contributed by atoms with Crippen molar-refractivity contribution < 1.29 is 4.79 Å². The van der Waals surface area contributed by atoms with Crippen LogP contribution in [0.15, 0.2) is 54.7 Å². The van der Waals surface area contributed by atoms with Crippen molar-refractivity contribution in [2.75, 3.05) is 6.54 Å². The molecule has 1 aromatic carbocycles. The summed E-state index contributed by atoms with van der Waals surface area (Å²) >= 11 is 0. The summed E-state index contributed by atoms with van der Waals surface area (Å²) in [5.41, 5.74) is 2.07. The van der Waals surface area contributed by atoms with E-state index in [9.17, 15) is 4.79 Å². The molecule has 1 heterocycles. The third-order valence-corrected chi connectivity index (χ3v) is 3.33. The molecular formula is C17H20N2O. The molecule has 104 valence electrons. The van der Waals surface area contributed by atoms with Gasteiger partial charge in [0.15, 0.2) is 0 Å². The molecule has 1 N–H and O–H groups in total. The van der Waals surface area contributed by atoms with Gasteiger partial charge in [0.05, 0.1) is 5.92 Å². The lowest BCUT2D eigenvalue weighted by atomic mass is 9.95. The number of hydrogen-bond acceptors (Lipinski definition) is 2. The number of nitrogens with zero attached hydrogens (tertiary/aromatic N) is 1. The highest BCUT2D eigenvalue weighted by molar-refractivity contribution is 5.83. The molecule has 0 bridgehead atoms. The number of hydrogen-bond donors (Lipinski definition) is 1. The van der Waals surface area contributed by atoms with Crippen LogP contribution in [0, 0.1) is 0 Å². The molecule has 0 unspecified atom stereocenters. The van der Waals surface area contributed by atoms with Crippen molar-refractivity contribution in [3.05, 3.63) is 66.0 Å². The van der Waals surface area contributed by atoms with Crippen molar-refractivity contribution in [2.24, 2.45) is 0 Å². The van der Waals surface area contributed by atoms with Crippen molar-refractivity contribution in [3.63, 3.8) is 0 Å². The van der Waals surface area contributed by atoms with Gasteiger partial charge in [-0.2, -0.15) is 0 Å². The lowest BCUT2D eigenvalue weighted by Crippen LogP contribution is -2.30. The summed E-state index contributed by atoms with van der Waals surface area (Å²) in [4.78, 5) is 16.5. The van der Waals surface area contributed by atoms with Crippen LogP contribution in [0.1, 0.15) is 30.5 Å². The fourth-order valence-electron chi connectivity index (χ4n) is 2.24. The van der Waals surface area contributed by atoms with E-state index in [4.69, 9.17) is 0 Å². The smallest absolute Gasteiger partial charge is 0.227 e. The van der Waals surface area contributed by atoms with Gasteiger partial charge in [-0.1, -0.05) is 43.3 Å². The second-order valence-electron chi connectivity index (χ2n) is 4.73. The van der Waals surface area contributed by atoms with E-state index in [1.54, 1.807) is 6.20 Å². The number of benzene rings is 1. The maximum atomic E-state index is 12.2. The average Bonchev–Trinajstić information content (AvgIpc) is 2.50. The van der Waals surface area contributed by atoms with Gasteiger partial charge in [-0.3, -0.25) is 9.78 Å². The maximum absolute atomic E-state index is 12.2. The summed E-state index contributed by atoms with van der Waals surface area (Å²) in [7, 11) is 0. The number of rotatable bonds is 6. The van der Waals surface area contributed by atoms with E-state index in [1.807, 2.05) is 55.5 Å². The van der Waals surface area contributed by atoms with Gasteiger partial charge in [-0.25, -0.2) is 0 Å². The zero-order chi connectivity index (χ0) is 14.2. The molecule has 0 aliphatic heterocycles. The summed E-state index contributed by atoms with van der Waals surface area (Å²) in [5.74, 6) is 0.0227. The van der Waals surface area contributed by atoms with Crippen molar-refractivity contribution in [2.45, 2.75) is 25.7 Å². The first-order valence-electron chi connectivity index (χ1n) is 7.04. The summed E-state index contributed by atoms with van der Waals surface area (Å²) in [6, 6.07) is 15.8. The second kappa shape index (κ2) is 7.43. The molecule has 0 saturated heterocycles. The third kappa shape index (κ3) is 3.92. The third-order valence-electron chi connectivity index (χ3n) is 3.33. The molecule has 0 radical (unpaired) electrons. The molecule has 1 aromatic heterocycles. The quantitative estimate of drug-likeness (QED) is 0.875. The fourth-order valence-corrected chi connectivity index (χ4v) is 2.24. The highest BCUT2D eigenvalue weighted by Gasteiger charge is 2.17. The molecule has 0 fully saturated rings. The Morgan fingerprint density at radius 1 is 1.15 bits per heavy atom. The summed E-state index contributed by atoms with van der Waals surface area (Å²) in [6.07, 6.45) is 3.34. The minimum absolute atomic E-state index is 0.0695. The van der Waals surface area contributed by atoms with Crippen molar-refractivity contribution in [3.8, 4) is 0 Å². The Labute approximate surface area is 120 Å². The molecule has 0 spiro atoms. The maximum Gasteiger partial charge on any atom is 0.227 e. The zero-order valence-corrected chi connectivity index (χ0v) is 11.8. The van der Waals surface area contributed by atoms with Crippen molar-refractivity contribution >= 4 is 5.91 Å². The van der Waals surface area contributed by atoms with Gasteiger partial charge in [0.1, 0.15) is 0 Å². The number of carbonyl (C=O) groups excluding carboxylic acids is 1. The number of aromatic nitrogens is 1. The number of pyridine rings is 1. The number of carbonyl (C=O) groups is 1. The minimum atomic E-state index is -0.0695. The van der Waals surface area contributed by atoms with Gasteiger partial charge in [-0.05, 0) is 24.1 Å². The number of nitrogens with one attached hydrogen (secondary N) is 1. The van der Waals surface area contributed by atoms with Crippen LogP contribution in [-0.2, 0) is 11.2 Å². The standard InChI is InChI=1S/C17H20N2O/c1-2-16(14-8-4-3-5-9-14)17(20)19-13-11-15-10-6-7-12-18-15/h3-10,12,16H,2,11,13H2,1H3,(H,19,20)/t16-/m0/s1. The first-order chi connectivity index (χ1) is 9.81. The van der Waals surface area contributed by atoms with Crippen molar-refractivity contribution in [1.82, 2.24) is 10.3 Å². The van der Waals surface area contributed by atoms with E-state index in [2.05, 4.69) is 10.3 Å². The minimum Gasteiger partial charge on any atom is -0.355 e. The van der Waals surface area contributed by atoms with E-state index in [-0.39, 0.29) is 11.8 Å². The summed E-state index contributed by atoms with van der Waals surface area (Å²) in [6.45, 7) is 2.66. The molecule has 20 heavy (non-hydrogen) atoms. The highest BCUT2D eigenvalue weighted by Crippen LogP contribution is 2.18. The summed E-state index contributed by atoms with van der Waals surface area (Å²) in [5, 5.41) is 3.00. The predicted molar refractivity (Wildman–Crippen MR) is 80.4 cm³/mol. The van der Waals surface area contributed by atoms with E-state index < -0.39 is 0 Å². The molecule has 2 aromatic rings. The molecule has 2 rings (SSSR count). The second-order valence-corrected chi connectivity index (χ2v) is 4.73. The van der Waals surface area contributed by atoms with Crippen LogP contribution in [0.5, 0.6) is 0 Å². The molecule has 1 amide bonds. The van der Waals surface area contributed by atoms with Gasteiger partial charge < -0.3 is 5.32 Å². The van der Waals surface area contributed by atoms with Gasteiger partial charge in [0.2, 0.25) is 5.91 Å². The molecule has 0 aliphatic rings. The molecule has 1 atom stereocenters. The van der Waals surface area contributed by atoms with Gasteiger partial charge in [-0.15, -0.1) is 0 Å². The van der Waals surface area contributed by atoms with Crippen LogP contribution in [0.25, 0.3) is 0 Å². The highest BCUT2D eigenvalue weighted by atomic mass is 16.1. The first kappa shape index (κ1) is 14.3. The fraction of sp³-hybridized carbons (Fsp3) is 0.294. The Morgan fingerprint density at radius 2 is 1.90 bits per heavy atom. The molecule has 3 heteroatoms. The topological polar surface area (TPSA) is 42.0 Å². The van der Waals surface area contributed by atoms with Crippen LogP contribution in [0.3, 0.4) is 0 Å². The van der Waals surface area contributed by atoms with Crippen LogP contribution >= 0.6 is 0 Å².